The molecule has 0 aromatic carbocycles. The summed E-state index contributed by atoms with van der Waals surface area (Å²) in [5.41, 5.74) is -0.00634. The predicted octanol–water partition coefficient (Wildman–Crippen LogP) is 1.21. The van der Waals surface area contributed by atoms with E-state index >= 15 is 0 Å². The maximum Gasteiger partial charge on any atom is 0.342 e. The van der Waals surface area contributed by atoms with E-state index < -0.39 is 5.97 Å². The van der Waals surface area contributed by atoms with E-state index in [1.54, 1.807) is 0 Å². The van der Waals surface area contributed by atoms with Gasteiger partial charge in [0.25, 0.3) is 0 Å². The number of rotatable bonds is 4. The molecule has 0 fully saturated rings. The minimum atomic E-state index is -1.08. The summed E-state index contributed by atoms with van der Waals surface area (Å²) >= 11 is 0. The fourth-order valence-corrected chi connectivity index (χ4v) is 0.826. The molecule has 0 saturated carbocycles. The molecule has 1 aromatic rings. The number of aromatic carboxylic acids is 1. The standard InChI is InChI=1S/C9H12N2O3/c1-6(2)4-14-8-7(9(12)13)3-10-5-11-8/h3,5-6H,4H2,1-2H3,(H,12,13). The van der Waals surface area contributed by atoms with Crippen molar-refractivity contribution in [1.29, 1.82) is 0 Å². The molecule has 5 nitrogen and oxygen atoms in total. The van der Waals surface area contributed by atoms with Crippen molar-refractivity contribution in [2.45, 2.75) is 13.8 Å². The Balaban J connectivity index is 2.79. The van der Waals surface area contributed by atoms with Gasteiger partial charge in [-0.05, 0) is 5.92 Å². The first-order valence-corrected chi connectivity index (χ1v) is 4.27. The van der Waals surface area contributed by atoms with Crippen LogP contribution in [0.1, 0.15) is 24.2 Å². The van der Waals surface area contributed by atoms with E-state index in [9.17, 15) is 4.79 Å². The highest BCUT2D eigenvalue weighted by Crippen LogP contribution is 2.13. The van der Waals surface area contributed by atoms with Crippen LogP contribution in [0.3, 0.4) is 0 Å². The minimum absolute atomic E-state index is 0.00634. The molecule has 5 heteroatoms. The minimum Gasteiger partial charge on any atom is -0.477 e. The zero-order valence-corrected chi connectivity index (χ0v) is 8.10. The number of aromatic nitrogens is 2. The number of carboxylic acids is 1. The van der Waals surface area contributed by atoms with Crippen LogP contribution in [0.15, 0.2) is 12.5 Å². The Kier molecular flexibility index (Phi) is 3.39. The fourth-order valence-electron chi connectivity index (χ4n) is 0.826. The molecule has 0 radical (unpaired) electrons. The second-order valence-corrected chi connectivity index (χ2v) is 3.25. The van der Waals surface area contributed by atoms with E-state index in [4.69, 9.17) is 9.84 Å². The van der Waals surface area contributed by atoms with Gasteiger partial charge >= 0.3 is 5.97 Å². The van der Waals surface area contributed by atoms with Gasteiger partial charge in [0.15, 0.2) is 0 Å². The Labute approximate surface area is 81.8 Å². The molecule has 1 rings (SSSR count). The van der Waals surface area contributed by atoms with Crippen LogP contribution in [-0.4, -0.2) is 27.7 Å². The SMILES string of the molecule is CC(C)COc1ncncc1C(=O)O. The molecule has 0 aliphatic heterocycles. The topological polar surface area (TPSA) is 72.3 Å². The summed E-state index contributed by atoms with van der Waals surface area (Å²) in [6.07, 6.45) is 2.49. The lowest BCUT2D eigenvalue weighted by atomic mass is 10.2. The molecule has 0 spiro atoms. The molecule has 0 atom stereocenters. The maximum atomic E-state index is 10.7. The van der Waals surface area contributed by atoms with Crippen molar-refractivity contribution in [3.63, 3.8) is 0 Å². The molecule has 1 aromatic heterocycles. The zero-order chi connectivity index (χ0) is 10.6. The third-order valence-electron chi connectivity index (χ3n) is 1.46. The maximum absolute atomic E-state index is 10.7. The number of hydrogen-bond acceptors (Lipinski definition) is 4. The Morgan fingerprint density at radius 1 is 1.64 bits per heavy atom. The average Bonchev–Trinajstić information content (AvgIpc) is 2.15. The van der Waals surface area contributed by atoms with Crippen molar-refractivity contribution >= 4 is 5.97 Å². The Hall–Kier alpha value is -1.65. The molecule has 0 aliphatic rings. The molecule has 0 amide bonds. The average molecular weight is 196 g/mol. The summed E-state index contributed by atoms with van der Waals surface area (Å²) < 4.78 is 5.23. The summed E-state index contributed by atoms with van der Waals surface area (Å²) in [7, 11) is 0. The van der Waals surface area contributed by atoms with E-state index in [2.05, 4.69) is 9.97 Å². The number of carboxylic acid groups (broad SMARTS) is 1. The summed E-state index contributed by atoms with van der Waals surface area (Å²) in [6.45, 7) is 4.39. The molecule has 1 heterocycles. The molecule has 76 valence electrons. The predicted molar refractivity (Wildman–Crippen MR) is 49.3 cm³/mol. The number of ether oxygens (including phenoxy) is 1. The van der Waals surface area contributed by atoms with Gasteiger partial charge in [-0.3, -0.25) is 0 Å². The van der Waals surface area contributed by atoms with Crippen molar-refractivity contribution in [3.8, 4) is 5.88 Å². The van der Waals surface area contributed by atoms with Crippen LogP contribution in [0.2, 0.25) is 0 Å². The Morgan fingerprint density at radius 2 is 2.36 bits per heavy atom. The third-order valence-corrected chi connectivity index (χ3v) is 1.46. The third kappa shape index (κ3) is 2.69. The molecule has 0 bridgehead atoms. The summed E-state index contributed by atoms with van der Waals surface area (Å²) in [5.74, 6) is -0.628. The second-order valence-electron chi connectivity index (χ2n) is 3.25. The smallest absolute Gasteiger partial charge is 0.342 e. The van der Waals surface area contributed by atoms with Gasteiger partial charge in [0, 0.05) is 6.20 Å². The molecule has 14 heavy (non-hydrogen) atoms. The van der Waals surface area contributed by atoms with Crippen LogP contribution in [0, 0.1) is 5.92 Å². The van der Waals surface area contributed by atoms with Crippen LogP contribution < -0.4 is 4.74 Å². The second kappa shape index (κ2) is 4.55. The lowest BCUT2D eigenvalue weighted by Crippen LogP contribution is -2.10. The first-order valence-electron chi connectivity index (χ1n) is 4.27. The molecule has 0 aliphatic carbocycles. The molecule has 0 unspecified atom stereocenters. The normalized spacial score (nSPS) is 10.2. The van der Waals surface area contributed by atoms with Gasteiger partial charge in [0.05, 0.1) is 6.61 Å². The molecular weight excluding hydrogens is 184 g/mol. The van der Waals surface area contributed by atoms with Crippen molar-refractivity contribution < 1.29 is 14.6 Å². The lowest BCUT2D eigenvalue weighted by molar-refractivity contribution is 0.0689. The van der Waals surface area contributed by atoms with E-state index in [0.29, 0.717) is 12.5 Å². The van der Waals surface area contributed by atoms with E-state index in [0.717, 1.165) is 0 Å². The fraction of sp³-hybridized carbons (Fsp3) is 0.444. The zero-order valence-electron chi connectivity index (χ0n) is 8.10. The summed E-state index contributed by atoms with van der Waals surface area (Å²) in [6, 6.07) is 0. The quantitative estimate of drug-likeness (QED) is 0.783. The number of carbonyl (C=O) groups is 1. The van der Waals surface area contributed by atoms with Crippen molar-refractivity contribution in [1.82, 2.24) is 9.97 Å². The molecule has 1 N–H and O–H groups in total. The van der Waals surface area contributed by atoms with Crippen molar-refractivity contribution in [2.24, 2.45) is 5.92 Å². The number of hydrogen-bond donors (Lipinski definition) is 1. The van der Waals surface area contributed by atoms with E-state index in [-0.39, 0.29) is 11.4 Å². The van der Waals surface area contributed by atoms with Gasteiger partial charge in [0.1, 0.15) is 11.9 Å². The summed E-state index contributed by atoms with van der Waals surface area (Å²) in [4.78, 5) is 18.1. The van der Waals surface area contributed by atoms with Crippen LogP contribution in [-0.2, 0) is 0 Å². The highest BCUT2D eigenvalue weighted by molar-refractivity contribution is 5.89. The first kappa shape index (κ1) is 10.4. The summed E-state index contributed by atoms with van der Waals surface area (Å²) in [5, 5.41) is 8.77. The van der Waals surface area contributed by atoms with E-state index in [1.165, 1.54) is 12.5 Å². The monoisotopic (exact) mass is 196 g/mol. The van der Waals surface area contributed by atoms with Gasteiger partial charge in [-0.1, -0.05) is 13.8 Å². The van der Waals surface area contributed by atoms with Crippen LogP contribution in [0.25, 0.3) is 0 Å². The highest BCUT2D eigenvalue weighted by atomic mass is 16.5. The largest absolute Gasteiger partial charge is 0.477 e. The Morgan fingerprint density at radius 3 is 2.93 bits per heavy atom. The van der Waals surface area contributed by atoms with Crippen molar-refractivity contribution in [2.75, 3.05) is 6.61 Å². The molecule has 0 saturated heterocycles. The van der Waals surface area contributed by atoms with Gasteiger partial charge < -0.3 is 9.84 Å². The van der Waals surface area contributed by atoms with Crippen molar-refractivity contribution in [3.05, 3.63) is 18.1 Å². The number of nitrogens with zero attached hydrogens (tertiary/aromatic N) is 2. The van der Waals surface area contributed by atoms with E-state index in [1.807, 2.05) is 13.8 Å². The first-order chi connectivity index (χ1) is 6.61. The molecular formula is C9H12N2O3. The van der Waals surface area contributed by atoms with Gasteiger partial charge in [0.2, 0.25) is 5.88 Å². The van der Waals surface area contributed by atoms with Gasteiger partial charge in [-0.25, -0.2) is 14.8 Å². The van der Waals surface area contributed by atoms with Crippen LogP contribution >= 0.6 is 0 Å². The highest BCUT2D eigenvalue weighted by Gasteiger charge is 2.12. The van der Waals surface area contributed by atoms with Gasteiger partial charge in [-0.15, -0.1) is 0 Å². The lowest BCUT2D eigenvalue weighted by Gasteiger charge is -2.08. The Bertz CT molecular complexity index is 326. The van der Waals surface area contributed by atoms with Gasteiger partial charge in [-0.2, -0.15) is 0 Å². The van der Waals surface area contributed by atoms with Crippen LogP contribution in [0.4, 0.5) is 0 Å². The van der Waals surface area contributed by atoms with Crippen LogP contribution in [0.5, 0.6) is 5.88 Å².